The Morgan fingerprint density at radius 3 is 0.614 bits per heavy atom. The largest absolute Gasteiger partial charge is 2.00 e. The first-order valence-corrected chi connectivity index (χ1v) is 35.6. The molecular weight excluding hydrogens is 1120 g/mol. The molecule has 0 saturated carbocycles. The van der Waals surface area contributed by atoms with Gasteiger partial charge in [-0.1, -0.05) is 295 Å². The van der Waals surface area contributed by atoms with E-state index >= 15 is 0 Å². The van der Waals surface area contributed by atoms with E-state index in [1.165, 1.54) is 255 Å². The summed E-state index contributed by atoms with van der Waals surface area (Å²) in [6.45, 7) is 3.97. The number of hydrogen-bond donors (Lipinski definition) is 0. The Morgan fingerprint density at radius 1 is 0.289 bits per heavy atom. The summed E-state index contributed by atoms with van der Waals surface area (Å²) in [4.78, 5) is 49.3. The van der Waals surface area contributed by atoms with Gasteiger partial charge in [-0.2, -0.15) is 0 Å². The second-order valence-electron chi connectivity index (χ2n) is 22.3. The Hall–Kier alpha value is -2.60. The van der Waals surface area contributed by atoms with Crippen molar-refractivity contribution in [2.45, 2.75) is 284 Å². The van der Waals surface area contributed by atoms with Gasteiger partial charge in [-0.3, -0.25) is 0 Å². The standard InChI is InChI=1S/2C33H56O7S.Ca/c2*1-2-3-4-5-6-7-8-9-10-11-12-13-14-15-16-17-18-19-20-21-24-27-39-32(34)30-25-22-23-26-31(30)33(35)40-28-29-41(36,37)38;/h2*22-23,25-26H,2-21,24,27-29H2,1H3,(H,36,37,38);/q;;+2/p-2. The minimum atomic E-state index is -4.49. The van der Waals surface area contributed by atoms with Gasteiger partial charge in [0.25, 0.3) is 0 Å². The monoisotopic (exact) mass is 1230 g/mol. The van der Waals surface area contributed by atoms with Crippen molar-refractivity contribution in [1.29, 1.82) is 0 Å². The van der Waals surface area contributed by atoms with E-state index < -0.39 is 68.8 Å². The molecule has 17 heteroatoms. The third-order valence-corrected chi connectivity index (χ3v) is 16.2. The van der Waals surface area contributed by atoms with Crippen LogP contribution in [0.2, 0.25) is 0 Å². The number of hydrogen-bond acceptors (Lipinski definition) is 14. The number of rotatable bonds is 54. The van der Waals surface area contributed by atoms with Gasteiger partial charge >= 0.3 is 61.6 Å². The molecule has 0 spiro atoms. The Labute approximate surface area is 534 Å². The number of esters is 4. The predicted molar refractivity (Wildman–Crippen MR) is 334 cm³/mol. The Balaban J connectivity index is 0.00000160. The molecule has 2 rings (SSSR count). The van der Waals surface area contributed by atoms with Crippen LogP contribution in [0, 0.1) is 0 Å². The molecule has 0 aliphatic rings. The smallest absolute Gasteiger partial charge is 0.748 e. The molecular formula is C66H110CaO14S2. The molecule has 14 nitrogen and oxygen atoms in total. The fourth-order valence-corrected chi connectivity index (χ4v) is 10.4. The maximum Gasteiger partial charge on any atom is 2.00 e. The summed E-state index contributed by atoms with van der Waals surface area (Å²) < 4.78 is 84.3. The zero-order chi connectivity index (χ0) is 60.0. The molecule has 0 fully saturated rings. The maximum atomic E-state index is 12.4. The molecule has 2 aromatic carbocycles. The van der Waals surface area contributed by atoms with Crippen LogP contribution in [0.25, 0.3) is 0 Å². The van der Waals surface area contributed by atoms with Gasteiger partial charge in [0.2, 0.25) is 0 Å². The van der Waals surface area contributed by atoms with Gasteiger partial charge in [0.1, 0.15) is 13.2 Å². The van der Waals surface area contributed by atoms with Crippen LogP contribution >= 0.6 is 0 Å². The minimum absolute atomic E-state index is 0. The summed E-state index contributed by atoms with van der Waals surface area (Å²) in [7, 11) is -8.97. The quantitative estimate of drug-likeness (QED) is 0.0198. The number of ether oxygens (including phenoxy) is 4. The van der Waals surface area contributed by atoms with Crippen molar-refractivity contribution in [1.82, 2.24) is 0 Å². The molecule has 0 heterocycles. The third kappa shape index (κ3) is 50.1. The zero-order valence-corrected chi connectivity index (χ0v) is 55.6. The van der Waals surface area contributed by atoms with Crippen molar-refractivity contribution in [2.24, 2.45) is 0 Å². The first-order chi connectivity index (χ1) is 39.7. The topological polar surface area (TPSA) is 220 Å². The van der Waals surface area contributed by atoms with E-state index in [9.17, 15) is 45.1 Å². The fourth-order valence-electron chi connectivity index (χ4n) is 9.86. The van der Waals surface area contributed by atoms with Crippen molar-refractivity contribution in [3.8, 4) is 0 Å². The van der Waals surface area contributed by atoms with Crippen LogP contribution in [0.1, 0.15) is 325 Å². The van der Waals surface area contributed by atoms with E-state index in [1.54, 1.807) is 24.3 Å². The Bertz CT molecular complexity index is 1990. The van der Waals surface area contributed by atoms with Gasteiger partial charge in [0, 0.05) is 0 Å². The van der Waals surface area contributed by atoms with Crippen LogP contribution < -0.4 is 0 Å². The number of carbonyl (C=O) groups is 4. The van der Waals surface area contributed by atoms with Crippen molar-refractivity contribution in [3.63, 3.8) is 0 Å². The predicted octanol–water partition coefficient (Wildman–Crippen LogP) is 17.1. The molecule has 0 amide bonds. The van der Waals surface area contributed by atoms with E-state index in [1.807, 2.05) is 0 Å². The van der Waals surface area contributed by atoms with Crippen molar-refractivity contribution in [2.75, 3.05) is 37.9 Å². The molecule has 2 aromatic rings. The van der Waals surface area contributed by atoms with E-state index in [0.717, 1.165) is 38.5 Å². The zero-order valence-electron chi connectivity index (χ0n) is 51.8. The molecule has 472 valence electrons. The molecule has 0 saturated heterocycles. The van der Waals surface area contributed by atoms with Crippen LogP contribution in [0.3, 0.4) is 0 Å². The Kier molecular flexibility index (Phi) is 54.2. The molecule has 83 heavy (non-hydrogen) atoms. The summed E-state index contributed by atoms with van der Waals surface area (Å²) in [5.74, 6) is -4.61. The fraction of sp³-hybridized carbons (Fsp3) is 0.758. The van der Waals surface area contributed by atoms with Gasteiger partial charge in [0.05, 0.1) is 67.2 Å². The third-order valence-electron chi connectivity index (χ3n) is 14.8. The minimum Gasteiger partial charge on any atom is -0.748 e. The second kappa shape index (κ2) is 55.9. The van der Waals surface area contributed by atoms with Crippen molar-refractivity contribution in [3.05, 3.63) is 70.8 Å². The van der Waals surface area contributed by atoms with Gasteiger partial charge in [0.15, 0.2) is 0 Å². The number of unbranched alkanes of at least 4 members (excludes halogenated alkanes) is 40. The van der Waals surface area contributed by atoms with Crippen LogP contribution in [0.15, 0.2) is 48.5 Å². The van der Waals surface area contributed by atoms with Crippen LogP contribution in [-0.2, 0) is 39.2 Å². The summed E-state index contributed by atoms with van der Waals surface area (Å²) in [5, 5.41) is 0. The van der Waals surface area contributed by atoms with E-state index in [4.69, 9.17) is 18.9 Å². The van der Waals surface area contributed by atoms with E-state index in [-0.39, 0.29) is 73.2 Å². The SMILES string of the molecule is CCCCCCCCCCCCCCCCCCCCCCCOC(=O)c1ccccc1C(=O)OCCS(=O)(=O)[O-].CCCCCCCCCCCCCCCCCCCCCCCOC(=O)c1ccccc1C(=O)OCCS(=O)(=O)[O-].[Ca+2]. The van der Waals surface area contributed by atoms with Crippen LogP contribution in [0.5, 0.6) is 0 Å². The normalized spacial score (nSPS) is 11.3. The molecule has 0 bridgehead atoms. The average molecular weight is 1230 g/mol. The first kappa shape index (κ1) is 80.4. The molecule has 0 atom stereocenters. The van der Waals surface area contributed by atoms with Gasteiger partial charge in [-0.15, -0.1) is 0 Å². The molecule has 0 N–H and O–H groups in total. The van der Waals surface area contributed by atoms with Gasteiger partial charge < -0.3 is 28.1 Å². The van der Waals surface area contributed by atoms with Crippen LogP contribution in [0.4, 0.5) is 0 Å². The molecule has 0 unspecified atom stereocenters. The van der Waals surface area contributed by atoms with Crippen LogP contribution in [-0.4, -0.2) is 125 Å². The molecule has 0 aliphatic heterocycles. The van der Waals surface area contributed by atoms with Gasteiger partial charge in [-0.05, 0) is 37.1 Å². The summed E-state index contributed by atoms with van der Waals surface area (Å²) >= 11 is 0. The molecule has 0 aliphatic carbocycles. The van der Waals surface area contributed by atoms with E-state index in [0.29, 0.717) is 0 Å². The maximum absolute atomic E-state index is 12.4. The van der Waals surface area contributed by atoms with Gasteiger partial charge in [-0.25, -0.2) is 36.0 Å². The van der Waals surface area contributed by atoms with E-state index in [2.05, 4.69) is 13.8 Å². The average Bonchev–Trinajstić information content (AvgIpc) is 3.53. The number of carbonyl (C=O) groups excluding carboxylic acids is 4. The van der Waals surface area contributed by atoms with Crippen molar-refractivity contribution >= 4 is 81.9 Å². The Morgan fingerprint density at radius 2 is 0.446 bits per heavy atom. The molecule has 0 radical (unpaired) electrons. The number of benzene rings is 2. The summed E-state index contributed by atoms with van der Waals surface area (Å²) in [6.07, 6.45) is 55.0. The first-order valence-electron chi connectivity index (χ1n) is 32.4. The summed E-state index contributed by atoms with van der Waals surface area (Å²) in [6, 6.07) is 12.1. The molecule has 0 aromatic heterocycles. The van der Waals surface area contributed by atoms with Crippen molar-refractivity contribution < 1.29 is 64.1 Å². The summed E-state index contributed by atoms with van der Waals surface area (Å²) in [5.41, 5.74) is 0.0937. The second-order valence-corrected chi connectivity index (χ2v) is 25.3.